The third-order valence-electron chi connectivity index (χ3n) is 4.22. The normalized spacial score (nSPS) is 11.9. The van der Waals surface area contributed by atoms with Gasteiger partial charge < -0.3 is 15.2 Å². The molecular weight excluding hydrogens is 349 g/mol. The Kier molecular flexibility index (Phi) is 6.93. The average Bonchev–Trinajstić information content (AvgIpc) is 2.61. The van der Waals surface area contributed by atoms with Crippen LogP contribution in [0.25, 0.3) is 0 Å². The zero-order valence-electron chi connectivity index (χ0n) is 15.7. The van der Waals surface area contributed by atoms with E-state index >= 15 is 0 Å². The summed E-state index contributed by atoms with van der Waals surface area (Å²) in [7, 11) is 0. The summed E-state index contributed by atoms with van der Waals surface area (Å²) >= 11 is 0. The first-order chi connectivity index (χ1) is 12.8. The van der Waals surface area contributed by atoms with Crippen LogP contribution in [0.15, 0.2) is 42.5 Å². The van der Waals surface area contributed by atoms with Crippen molar-refractivity contribution in [1.82, 2.24) is 5.32 Å². The Morgan fingerprint density at radius 1 is 1.15 bits per heavy atom. The van der Waals surface area contributed by atoms with E-state index in [0.717, 1.165) is 11.1 Å². The van der Waals surface area contributed by atoms with Gasteiger partial charge in [0.15, 0.2) is 6.61 Å². The van der Waals surface area contributed by atoms with E-state index in [1.165, 1.54) is 24.3 Å². The second-order valence-electron chi connectivity index (χ2n) is 6.73. The highest BCUT2D eigenvalue weighted by Gasteiger charge is 2.21. The molecule has 0 aliphatic carbocycles. The second-order valence-corrected chi connectivity index (χ2v) is 6.73. The molecule has 6 heteroatoms. The van der Waals surface area contributed by atoms with Crippen molar-refractivity contribution >= 4 is 11.9 Å². The van der Waals surface area contributed by atoms with Crippen molar-refractivity contribution in [2.24, 2.45) is 0 Å². The Hall–Kier alpha value is -2.89. The summed E-state index contributed by atoms with van der Waals surface area (Å²) in [6.45, 7) is 5.71. The number of rotatable bonds is 8. The number of hydrogen-bond donors (Lipinski definition) is 2. The Morgan fingerprint density at radius 2 is 1.81 bits per heavy atom. The molecule has 0 fully saturated rings. The van der Waals surface area contributed by atoms with E-state index in [9.17, 15) is 19.1 Å². The van der Waals surface area contributed by atoms with Gasteiger partial charge in [-0.3, -0.25) is 9.59 Å². The van der Waals surface area contributed by atoms with Crippen LogP contribution in [0.2, 0.25) is 0 Å². The first kappa shape index (κ1) is 20.4. The van der Waals surface area contributed by atoms with E-state index in [1.807, 2.05) is 39.0 Å². The monoisotopic (exact) mass is 373 g/mol. The summed E-state index contributed by atoms with van der Waals surface area (Å²) in [6, 6.07) is 11.0. The minimum atomic E-state index is -1.09. The standard InChI is InChI=1S/C21H24FNO4/c1-13(2)17-9-4-14(3)10-19(17)27-12-20(24)23-11-18(21(25)26)15-5-7-16(22)8-6-15/h4-10,13,18H,11-12H2,1-3H3,(H,23,24)(H,25,26). The topological polar surface area (TPSA) is 75.6 Å². The molecule has 2 rings (SSSR count). The lowest BCUT2D eigenvalue weighted by Gasteiger charge is -2.16. The third kappa shape index (κ3) is 5.81. The van der Waals surface area contributed by atoms with Gasteiger partial charge in [-0.25, -0.2) is 4.39 Å². The molecule has 0 saturated heterocycles. The van der Waals surface area contributed by atoms with Crippen LogP contribution in [0.5, 0.6) is 5.75 Å². The van der Waals surface area contributed by atoms with Crippen molar-refractivity contribution in [3.63, 3.8) is 0 Å². The number of halogens is 1. The zero-order valence-corrected chi connectivity index (χ0v) is 15.7. The van der Waals surface area contributed by atoms with E-state index < -0.39 is 23.6 Å². The van der Waals surface area contributed by atoms with Gasteiger partial charge in [-0.2, -0.15) is 0 Å². The quantitative estimate of drug-likeness (QED) is 0.741. The van der Waals surface area contributed by atoms with E-state index in [1.54, 1.807) is 0 Å². The molecule has 1 atom stereocenters. The van der Waals surface area contributed by atoms with Crippen LogP contribution in [-0.4, -0.2) is 30.1 Å². The number of aliphatic carboxylic acids is 1. The van der Waals surface area contributed by atoms with Gasteiger partial charge in [0.2, 0.25) is 0 Å². The van der Waals surface area contributed by atoms with Crippen molar-refractivity contribution < 1.29 is 23.8 Å². The van der Waals surface area contributed by atoms with Crippen molar-refractivity contribution in [1.29, 1.82) is 0 Å². The van der Waals surface area contributed by atoms with E-state index in [-0.39, 0.29) is 19.1 Å². The van der Waals surface area contributed by atoms with Gasteiger partial charge >= 0.3 is 5.97 Å². The molecule has 0 radical (unpaired) electrons. The molecule has 0 aromatic heterocycles. The summed E-state index contributed by atoms with van der Waals surface area (Å²) in [4.78, 5) is 23.6. The van der Waals surface area contributed by atoms with Crippen LogP contribution in [0, 0.1) is 12.7 Å². The Balaban J connectivity index is 1.96. The summed E-state index contributed by atoms with van der Waals surface area (Å²) in [5.74, 6) is -2.02. The third-order valence-corrected chi connectivity index (χ3v) is 4.22. The maximum atomic E-state index is 13.0. The lowest BCUT2D eigenvalue weighted by Crippen LogP contribution is -2.34. The fourth-order valence-corrected chi connectivity index (χ4v) is 2.70. The molecule has 0 bridgehead atoms. The lowest BCUT2D eigenvalue weighted by atomic mass is 9.99. The van der Waals surface area contributed by atoms with Crippen LogP contribution in [0.3, 0.4) is 0 Å². The highest BCUT2D eigenvalue weighted by molar-refractivity contribution is 5.80. The van der Waals surface area contributed by atoms with Crippen LogP contribution < -0.4 is 10.1 Å². The van der Waals surface area contributed by atoms with Crippen molar-refractivity contribution in [3.8, 4) is 5.75 Å². The number of benzene rings is 2. The average molecular weight is 373 g/mol. The van der Waals surface area contributed by atoms with Gasteiger partial charge in [0.25, 0.3) is 5.91 Å². The molecule has 5 nitrogen and oxygen atoms in total. The number of carbonyl (C=O) groups excluding carboxylic acids is 1. The summed E-state index contributed by atoms with van der Waals surface area (Å²) in [5, 5.41) is 11.9. The minimum absolute atomic E-state index is 0.103. The van der Waals surface area contributed by atoms with Gasteiger partial charge in [0.1, 0.15) is 11.6 Å². The predicted octanol–water partition coefficient (Wildman–Crippen LogP) is 3.62. The number of ether oxygens (including phenoxy) is 1. The maximum absolute atomic E-state index is 13.0. The molecule has 2 aromatic rings. The van der Waals surface area contributed by atoms with Crippen molar-refractivity contribution in [3.05, 3.63) is 65.0 Å². The first-order valence-electron chi connectivity index (χ1n) is 8.76. The maximum Gasteiger partial charge on any atom is 0.312 e. The largest absolute Gasteiger partial charge is 0.483 e. The summed E-state index contributed by atoms with van der Waals surface area (Å²) < 4.78 is 18.7. The van der Waals surface area contributed by atoms with E-state index in [0.29, 0.717) is 11.3 Å². The smallest absolute Gasteiger partial charge is 0.312 e. The molecule has 144 valence electrons. The number of aryl methyl sites for hydroxylation is 1. The molecular formula is C21H24FNO4. The van der Waals surface area contributed by atoms with Gasteiger partial charge in [-0.15, -0.1) is 0 Å². The number of carboxylic acid groups (broad SMARTS) is 1. The molecule has 1 unspecified atom stereocenters. The van der Waals surface area contributed by atoms with Gasteiger partial charge in [0.05, 0.1) is 5.92 Å². The van der Waals surface area contributed by atoms with Crippen LogP contribution >= 0.6 is 0 Å². The molecule has 0 heterocycles. The van der Waals surface area contributed by atoms with E-state index in [2.05, 4.69) is 5.32 Å². The van der Waals surface area contributed by atoms with E-state index in [4.69, 9.17) is 4.74 Å². The fourth-order valence-electron chi connectivity index (χ4n) is 2.70. The number of carboxylic acids is 1. The number of hydrogen-bond acceptors (Lipinski definition) is 3. The molecule has 0 aliphatic heterocycles. The lowest BCUT2D eigenvalue weighted by molar-refractivity contribution is -0.138. The van der Waals surface area contributed by atoms with Gasteiger partial charge in [-0.1, -0.05) is 38.1 Å². The molecule has 0 spiro atoms. The highest BCUT2D eigenvalue weighted by atomic mass is 19.1. The summed E-state index contributed by atoms with van der Waals surface area (Å²) in [5.41, 5.74) is 2.45. The first-order valence-corrected chi connectivity index (χ1v) is 8.76. The SMILES string of the molecule is Cc1ccc(C(C)C)c(OCC(=O)NCC(C(=O)O)c2ccc(F)cc2)c1. The number of carbonyl (C=O) groups is 2. The molecule has 2 N–H and O–H groups in total. The molecule has 27 heavy (non-hydrogen) atoms. The van der Waals surface area contributed by atoms with Crippen LogP contribution in [-0.2, 0) is 9.59 Å². The number of amides is 1. The predicted molar refractivity (Wildman–Crippen MR) is 101 cm³/mol. The Morgan fingerprint density at radius 3 is 2.41 bits per heavy atom. The molecule has 1 amide bonds. The minimum Gasteiger partial charge on any atom is -0.483 e. The van der Waals surface area contributed by atoms with Crippen molar-refractivity contribution in [2.75, 3.05) is 13.2 Å². The Bertz CT molecular complexity index is 802. The van der Waals surface area contributed by atoms with Crippen molar-refractivity contribution in [2.45, 2.75) is 32.6 Å². The summed E-state index contributed by atoms with van der Waals surface area (Å²) in [6.07, 6.45) is 0. The zero-order chi connectivity index (χ0) is 20.0. The molecule has 0 aliphatic rings. The van der Waals surface area contributed by atoms with Gasteiger partial charge in [0, 0.05) is 6.54 Å². The Labute approximate surface area is 158 Å². The number of nitrogens with one attached hydrogen (secondary N) is 1. The second kappa shape index (κ2) is 9.16. The van der Waals surface area contributed by atoms with Gasteiger partial charge in [-0.05, 0) is 47.7 Å². The van der Waals surface area contributed by atoms with Crippen LogP contribution in [0.1, 0.15) is 42.4 Å². The van der Waals surface area contributed by atoms with Crippen LogP contribution in [0.4, 0.5) is 4.39 Å². The molecule has 2 aromatic carbocycles. The fraction of sp³-hybridized carbons (Fsp3) is 0.333. The molecule has 0 saturated carbocycles. The highest BCUT2D eigenvalue weighted by Crippen LogP contribution is 2.27.